The van der Waals surface area contributed by atoms with E-state index in [0.29, 0.717) is 48.9 Å². The number of halogens is 3. The van der Waals surface area contributed by atoms with Crippen LogP contribution in [0.25, 0.3) is 5.57 Å². The summed E-state index contributed by atoms with van der Waals surface area (Å²) >= 11 is 0. The van der Waals surface area contributed by atoms with E-state index in [-0.39, 0.29) is 11.6 Å². The number of anilines is 2. The van der Waals surface area contributed by atoms with Crippen LogP contribution in [0.4, 0.5) is 24.5 Å². The van der Waals surface area contributed by atoms with Crippen molar-refractivity contribution < 1.29 is 23.1 Å². The van der Waals surface area contributed by atoms with Crippen molar-refractivity contribution in [1.29, 1.82) is 0 Å². The molecule has 0 aromatic carbocycles. The molecule has 0 radical (unpaired) electrons. The van der Waals surface area contributed by atoms with E-state index in [1.54, 1.807) is 23.2 Å². The van der Waals surface area contributed by atoms with Crippen molar-refractivity contribution in [3.05, 3.63) is 53.7 Å². The molecular formula is C26H29F3N6O2. The number of nitrogens with two attached hydrogens (primary N) is 1. The number of amides is 1. The van der Waals surface area contributed by atoms with Gasteiger partial charge in [-0.1, -0.05) is 6.07 Å². The lowest BCUT2D eigenvalue weighted by molar-refractivity contribution is -0.140. The highest BCUT2D eigenvalue weighted by Gasteiger charge is 2.48. The topological polar surface area (TPSA) is 117 Å². The zero-order valence-corrected chi connectivity index (χ0v) is 20.2. The molecule has 2 aromatic heterocycles. The van der Waals surface area contributed by atoms with Gasteiger partial charge in [-0.3, -0.25) is 9.79 Å². The van der Waals surface area contributed by atoms with E-state index in [0.717, 1.165) is 31.9 Å². The third-order valence-electron chi connectivity index (χ3n) is 7.12. The van der Waals surface area contributed by atoms with Gasteiger partial charge in [0, 0.05) is 37.6 Å². The van der Waals surface area contributed by atoms with E-state index in [4.69, 9.17) is 5.73 Å². The van der Waals surface area contributed by atoms with Crippen molar-refractivity contribution in [2.24, 2.45) is 22.6 Å². The molecule has 3 aliphatic rings. The first-order valence-corrected chi connectivity index (χ1v) is 12.4. The minimum Gasteiger partial charge on any atom is -0.404 e. The zero-order valence-electron chi connectivity index (χ0n) is 20.2. The number of β-amino-alcohol motifs (C(OH)–C–C–N with tert-alkyl or cyclic N) is 1. The van der Waals surface area contributed by atoms with Crippen LogP contribution in [0.15, 0.2) is 41.7 Å². The van der Waals surface area contributed by atoms with Crippen LogP contribution in [-0.2, 0) is 6.18 Å². The lowest BCUT2D eigenvalue weighted by Crippen LogP contribution is -2.35. The highest BCUT2D eigenvalue weighted by Crippen LogP contribution is 2.45. The Kier molecular flexibility index (Phi) is 6.65. The second kappa shape index (κ2) is 9.77. The summed E-state index contributed by atoms with van der Waals surface area (Å²) in [5.74, 6) is 0.00718. The SMILES string of the molecule is N/C=C(\C=NCC1CC1)c1cccc(C(=O)Nc2cc(N3CCC(O)(C4CC4)C3)cnc2C(F)(F)F)n1. The first-order valence-electron chi connectivity index (χ1n) is 12.4. The van der Waals surface area contributed by atoms with Crippen LogP contribution in [0, 0.1) is 11.8 Å². The minimum absolute atomic E-state index is 0.0738. The molecule has 196 valence electrons. The van der Waals surface area contributed by atoms with Crippen molar-refractivity contribution in [3.8, 4) is 0 Å². The molecule has 2 aliphatic carbocycles. The van der Waals surface area contributed by atoms with Crippen LogP contribution in [0.5, 0.6) is 0 Å². The monoisotopic (exact) mass is 514 g/mol. The average Bonchev–Trinajstić information content (AvgIpc) is 3.80. The molecule has 1 amide bonds. The van der Waals surface area contributed by atoms with Gasteiger partial charge in [0.1, 0.15) is 5.69 Å². The standard InChI is InChI=1S/C26H29F3N6O2/c27-26(28,29)23-22(10-19(14-32-23)35-9-8-25(37,15-35)18-6-7-18)34-24(36)21-3-1-2-20(33-21)17(11-30)13-31-12-16-4-5-16/h1-3,10-11,13-14,16,18,37H,4-9,12,15,30H2,(H,34,36)/b17-11+,31-13?. The van der Waals surface area contributed by atoms with E-state index in [2.05, 4.69) is 20.3 Å². The van der Waals surface area contributed by atoms with Gasteiger partial charge in [0.2, 0.25) is 0 Å². The maximum atomic E-state index is 13.7. The lowest BCUT2D eigenvalue weighted by atomic mass is 9.97. The molecule has 8 nitrogen and oxygen atoms in total. The molecule has 5 rings (SSSR count). The van der Waals surface area contributed by atoms with Gasteiger partial charge < -0.3 is 21.1 Å². The Morgan fingerprint density at radius 3 is 2.70 bits per heavy atom. The molecule has 11 heteroatoms. The summed E-state index contributed by atoms with van der Waals surface area (Å²) in [6.07, 6.45) is 4.04. The van der Waals surface area contributed by atoms with Gasteiger partial charge in [-0.05, 0) is 62.1 Å². The summed E-state index contributed by atoms with van der Waals surface area (Å²) in [4.78, 5) is 27.1. The molecule has 1 unspecified atom stereocenters. The molecule has 1 saturated heterocycles. The number of rotatable bonds is 8. The fourth-order valence-electron chi connectivity index (χ4n) is 4.64. The second-order valence-corrected chi connectivity index (χ2v) is 10.1. The summed E-state index contributed by atoms with van der Waals surface area (Å²) in [5.41, 5.74) is 4.43. The summed E-state index contributed by atoms with van der Waals surface area (Å²) in [7, 11) is 0. The van der Waals surface area contributed by atoms with Crippen molar-refractivity contribution in [2.75, 3.05) is 29.9 Å². The summed E-state index contributed by atoms with van der Waals surface area (Å²) in [6, 6.07) is 5.90. The number of hydrogen-bond acceptors (Lipinski definition) is 7. The van der Waals surface area contributed by atoms with Gasteiger partial charge in [-0.25, -0.2) is 9.97 Å². The van der Waals surface area contributed by atoms with Gasteiger partial charge in [0.25, 0.3) is 5.91 Å². The molecule has 0 bridgehead atoms. The number of allylic oxidation sites excluding steroid dienone is 1. The number of carbonyl (C=O) groups is 1. The minimum atomic E-state index is -4.77. The van der Waals surface area contributed by atoms with E-state index in [1.165, 1.54) is 18.3 Å². The van der Waals surface area contributed by atoms with Crippen LogP contribution >= 0.6 is 0 Å². The van der Waals surface area contributed by atoms with E-state index < -0.39 is 29.1 Å². The molecule has 0 spiro atoms. The molecule has 1 atom stereocenters. The molecule has 37 heavy (non-hydrogen) atoms. The van der Waals surface area contributed by atoms with Crippen LogP contribution in [0.2, 0.25) is 0 Å². The summed E-state index contributed by atoms with van der Waals surface area (Å²) < 4.78 is 41.2. The Labute approximate surface area is 212 Å². The first-order chi connectivity index (χ1) is 17.7. The Hall–Kier alpha value is -3.47. The molecular weight excluding hydrogens is 485 g/mol. The molecule has 2 aromatic rings. The van der Waals surface area contributed by atoms with E-state index >= 15 is 0 Å². The molecule has 2 saturated carbocycles. The van der Waals surface area contributed by atoms with Crippen molar-refractivity contribution in [1.82, 2.24) is 9.97 Å². The Morgan fingerprint density at radius 2 is 2.03 bits per heavy atom. The number of carbonyl (C=O) groups excluding carboxylic acids is 1. The van der Waals surface area contributed by atoms with Gasteiger partial charge in [0.05, 0.1) is 28.9 Å². The van der Waals surface area contributed by atoms with Crippen LogP contribution in [0.1, 0.15) is 54.0 Å². The van der Waals surface area contributed by atoms with Crippen molar-refractivity contribution in [3.63, 3.8) is 0 Å². The lowest BCUT2D eigenvalue weighted by Gasteiger charge is -2.25. The van der Waals surface area contributed by atoms with Gasteiger partial charge >= 0.3 is 6.18 Å². The average molecular weight is 515 g/mol. The number of alkyl halides is 3. The predicted octanol–water partition coefficient (Wildman–Crippen LogP) is 3.88. The van der Waals surface area contributed by atoms with E-state index in [9.17, 15) is 23.1 Å². The number of pyridine rings is 2. The Bertz CT molecular complexity index is 1240. The molecule has 4 N–H and O–H groups in total. The smallest absolute Gasteiger partial charge is 0.404 e. The highest BCUT2D eigenvalue weighted by atomic mass is 19.4. The molecule has 3 fully saturated rings. The maximum absolute atomic E-state index is 13.7. The Balaban J connectivity index is 1.36. The molecule has 1 aliphatic heterocycles. The second-order valence-electron chi connectivity index (χ2n) is 10.1. The van der Waals surface area contributed by atoms with E-state index in [1.807, 2.05) is 0 Å². The fraction of sp³-hybridized carbons (Fsp3) is 0.462. The van der Waals surface area contributed by atoms with Crippen molar-refractivity contribution >= 4 is 29.1 Å². The third kappa shape index (κ3) is 5.76. The van der Waals surface area contributed by atoms with Crippen LogP contribution < -0.4 is 16.0 Å². The van der Waals surface area contributed by atoms with Gasteiger partial charge in [-0.15, -0.1) is 0 Å². The summed E-state index contributed by atoms with van der Waals surface area (Å²) in [6.45, 7) is 1.50. The number of hydrogen-bond donors (Lipinski definition) is 3. The maximum Gasteiger partial charge on any atom is 0.435 e. The highest BCUT2D eigenvalue weighted by molar-refractivity contribution is 6.09. The predicted molar refractivity (Wildman–Crippen MR) is 134 cm³/mol. The first kappa shape index (κ1) is 25.2. The zero-order chi connectivity index (χ0) is 26.2. The largest absolute Gasteiger partial charge is 0.435 e. The molecule has 3 heterocycles. The normalized spacial score (nSPS) is 22.6. The van der Waals surface area contributed by atoms with Crippen LogP contribution in [0.3, 0.4) is 0 Å². The third-order valence-corrected chi connectivity index (χ3v) is 7.12. The number of aromatic nitrogens is 2. The summed E-state index contributed by atoms with van der Waals surface area (Å²) in [5, 5.41) is 13.2. The van der Waals surface area contributed by atoms with Crippen molar-refractivity contribution in [2.45, 2.75) is 43.9 Å². The van der Waals surface area contributed by atoms with Gasteiger partial charge in [0.15, 0.2) is 5.69 Å². The number of nitrogens with zero attached hydrogens (tertiary/aromatic N) is 4. The fourth-order valence-corrected chi connectivity index (χ4v) is 4.64. The Morgan fingerprint density at radius 1 is 1.27 bits per heavy atom. The number of nitrogens with one attached hydrogen (secondary N) is 1. The number of aliphatic hydroxyl groups is 1. The van der Waals surface area contributed by atoms with Crippen LogP contribution in [-0.4, -0.2) is 52.4 Å². The van der Waals surface area contributed by atoms with Gasteiger partial charge in [-0.2, -0.15) is 13.2 Å². The quantitative estimate of drug-likeness (QED) is 0.461. The number of aliphatic imine (C=N–C) groups is 1.